The van der Waals surface area contributed by atoms with E-state index in [4.69, 9.17) is 0 Å². The van der Waals surface area contributed by atoms with Crippen LogP contribution in [-0.2, 0) is 0 Å². The highest BCUT2D eigenvalue weighted by molar-refractivity contribution is 5.79. The highest BCUT2D eigenvalue weighted by Gasteiger charge is 2.16. The maximum absolute atomic E-state index is 4.36. The number of rotatable bonds is 9. The molecule has 1 saturated heterocycles. The van der Waals surface area contributed by atoms with E-state index in [9.17, 15) is 0 Å². The molecule has 0 aliphatic carbocycles. The molecule has 128 valence electrons. The first-order valence-corrected chi connectivity index (χ1v) is 8.95. The molecule has 1 fully saturated rings. The summed E-state index contributed by atoms with van der Waals surface area (Å²) in [6.45, 7) is 10.7. The van der Waals surface area contributed by atoms with Crippen molar-refractivity contribution in [1.29, 1.82) is 0 Å². The summed E-state index contributed by atoms with van der Waals surface area (Å²) < 4.78 is 0. The third-order valence-corrected chi connectivity index (χ3v) is 4.57. The van der Waals surface area contributed by atoms with Crippen LogP contribution in [0.4, 0.5) is 0 Å². The zero-order valence-electron chi connectivity index (χ0n) is 15.0. The number of nitrogens with zero attached hydrogens (tertiary/aromatic N) is 3. The van der Waals surface area contributed by atoms with Crippen LogP contribution in [0.15, 0.2) is 17.6 Å². The smallest absolute Gasteiger partial charge is 0.193 e. The average Bonchev–Trinajstić information content (AvgIpc) is 2.52. The molecule has 4 heteroatoms. The van der Waals surface area contributed by atoms with Gasteiger partial charge in [0.25, 0.3) is 0 Å². The second-order valence-electron chi connectivity index (χ2n) is 6.41. The monoisotopic (exact) mass is 308 g/mol. The van der Waals surface area contributed by atoms with Crippen molar-refractivity contribution in [3.63, 3.8) is 0 Å². The summed E-state index contributed by atoms with van der Waals surface area (Å²) in [5.41, 5.74) is 0. The fourth-order valence-corrected chi connectivity index (χ4v) is 3.09. The molecule has 1 N–H and O–H groups in total. The van der Waals surface area contributed by atoms with E-state index in [-0.39, 0.29) is 0 Å². The van der Waals surface area contributed by atoms with Gasteiger partial charge in [-0.05, 0) is 58.5 Å². The van der Waals surface area contributed by atoms with Gasteiger partial charge in [0.05, 0.1) is 0 Å². The molecule has 4 nitrogen and oxygen atoms in total. The quantitative estimate of drug-likeness (QED) is 0.307. The summed E-state index contributed by atoms with van der Waals surface area (Å²) in [4.78, 5) is 9.22. The fourth-order valence-electron chi connectivity index (χ4n) is 3.09. The van der Waals surface area contributed by atoms with Gasteiger partial charge in [-0.2, -0.15) is 0 Å². The van der Waals surface area contributed by atoms with Gasteiger partial charge < -0.3 is 15.1 Å². The van der Waals surface area contributed by atoms with Crippen molar-refractivity contribution in [3.05, 3.63) is 12.7 Å². The van der Waals surface area contributed by atoms with Gasteiger partial charge in [-0.1, -0.05) is 12.5 Å². The van der Waals surface area contributed by atoms with E-state index in [1.165, 1.54) is 45.2 Å². The van der Waals surface area contributed by atoms with Gasteiger partial charge in [-0.3, -0.25) is 4.99 Å². The lowest BCUT2D eigenvalue weighted by molar-refractivity contribution is 0.158. The molecule has 0 radical (unpaired) electrons. The van der Waals surface area contributed by atoms with Crippen LogP contribution in [0.5, 0.6) is 0 Å². The van der Waals surface area contributed by atoms with Crippen molar-refractivity contribution in [2.45, 2.75) is 57.9 Å². The Kier molecular flexibility index (Phi) is 9.96. The van der Waals surface area contributed by atoms with Gasteiger partial charge in [0.1, 0.15) is 0 Å². The minimum atomic E-state index is 0.783. The number of piperidine rings is 1. The van der Waals surface area contributed by atoms with Gasteiger partial charge in [0, 0.05) is 33.2 Å². The van der Waals surface area contributed by atoms with E-state index in [0.717, 1.165) is 37.9 Å². The zero-order chi connectivity index (χ0) is 16.2. The van der Waals surface area contributed by atoms with E-state index in [1.54, 1.807) is 0 Å². The van der Waals surface area contributed by atoms with Crippen LogP contribution in [0, 0.1) is 0 Å². The summed E-state index contributed by atoms with van der Waals surface area (Å²) in [7, 11) is 3.97. The topological polar surface area (TPSA) is 30.9 Å². The summed E-state index contributed by atoms with van der Waals surface area (Å²) in [5.74, 6) is 1.01. The third kappa shape index (κ3) is 7.30. The Hall–Kier alpha value is -1.03. The standard InChI is InChI=1S/C18H36N4/c1-5-6-9-14-21(4)18(19-3)20-13-8-11-16-22-15-10-7-12-17(22)2/h5,17H,1,6-16H2,2-4H3,(H,19,20). The number of hydrogen-bond donors (Lipinski definition) is 1. The lowest BCUT2D eigenvalue weighted by atomic mass is 10.0. The fraction of sp³-hybridized carbons (Fsp3) is 0.833. The van der Waals surface area contributed by atoms with Gasteiger partial charge in [0.2, 0.25) is 0 Å². The van der Waals surface area contributed by atoms with E-state index in [2.05, 4.69) is 40.7 Å². The molecule has 1 atom stereocenters. The first-order valence-electron chi connectivity index (χ1n) is 8.95. The third-order valence-electron chi connectivity index (χ3n) is 4.57. The van der Waals surface area contributed by atoms with E-state index >= 15 is 0 Å². The number of allylic oxidation sites excluding steroid dienone is 1. The molecular weight excluding hydrogens is 272 g/mol. The highest BCUT2D eigenvalue weighted by atomic mass is 15.3. The first kappa shape index (κ1) is 19.0. The Balaban J connectivity index is 2.12. The second-order valence-corrected chi connectivity index (χ2v) is 6.41. The molecule has 0 aromatic rings. The van der Waals surface area contributed by atoms with Crippen LogP contribution in [0.3, 0.4) is 0 Å². The Morgan fingerprint density at radius 1 is 1.36 bits per heavy atom. The number of nitrogens with one attached hydrogen (secondary N) is 1. The summed E-state index contributed by atoms with van der Waals surface area (Å²) >= 11 is 0. The molecule has 0 aromatic carbocycles. The van der Waals surface area contributed by atoms with Crippen LogP contribution >= 0.6 is 0 Å². The number of aliphatic imine (C=N–C) groups is 1. The van der Waals surface area contributed by atoms with E-state index < -0.39 is 0 Å². The van der Waals surface area contributed by atoms with Crippen molar-refractivity contribution >= 4 is 5.96 Å². The molecule has 1 unspecified atom stereocenters. The Labute approximate surface area is 137 Å². The molecule has 0 aromatic heterocycles. The van der Waals surface area contributed by atoms with Crippen LogP contribution in [0.25, 0.3) is 0 Å². The predicted molar refractivity (Wildman–Crippen MR) is 97.5 cm³/mol. The maximum atomic E-state index is 4.36. The molecular formula is C18H36N4. The SMILES string of the molecule is C=CCCCN(C)C(=NC)NCCCCN1CCCCC1C. The lowest BCUT2D eigenvalue weighted by Gasteiger charge is -2.33. The van der Waals surface area contributed by atoms with Crippen molar-refractivity contribution in [2.24, 2.45) is 4.99 Å². The molecule has 22 heavy (non-hydrogen) atoms. The minimum Gasteiger partial charge on any atom is -0.356 e. The zero-order valence-corrected chi connectivity index (χ0v) is 15.0. The van der Waals surface area contributed by atoms with E-state index in [1.807, 2.05) is 13.1 Å². The van der Waals surface area contributed by atoms with Crippen LogP contribution in [0.1, 0.15) is 51.9 Å². The van der Waals surface area contributed by atoms with Crippen molar-refractivity contribution < 1.29 is 0 Å². The van der Waals surface area contributed by atoms with Crippen molar-refractivity contribution in [2.75, 3.05) is 40.3 Å². The van der Waals surface area contributed by atoms with Crippen LogP contribution < -0.4 is 5.32 Å². The molecule has 1 rings (SSSR count). The Bertz CT molecular complexity index is 327. The largest absolute Gasteiger partial charge is 0.356 e. The van der Waals surface area contributed by atoms with E-state index in [0.29, 0.717) is 0 Å². The predicted octanol–water partition coefficient (Wildman–Crippen LogP) is 3.11. The molecule has 0 spiro atoms. The molecule has 0 saturated carbocycles. The van der Waals surface area contributed by atoms with Crippen molar-refractivity contribution in [3.8, 4) is 0 Å². The van der Waals surface area contributed by atoms with Crippen LogP contribution in [0.2, 0.25) is 0 Å². The normalized spacial score (nSPS) is 20.0. The molecule has 0 amide bonds. The molecule has 1 heterocycles. The Morgan fingerprint density at radius 3 is 2.86 bits per heavy atom. The van der Waals surface area contributed by atoms with Gasteiger partial charge in [0.15, 0.2) is 5.96 Å². The number of guanidine groups is 1. The number of likely N-dealkylation sites (tertiary alicyclic amines) is 1. The average molecular weight is 309 g/mol. The molecule has 1 aliphatic rings. The first-order chi connectivity index (χ1) is 10.7. The maximum Gasteiger partial charge on any atom is 0.193 e. The lowest BCUT2D eigenvalue weighted by Crippen LogP contribution is -2.40. The van der Waals surface area contributed by atoms with Gasteiger partial charge in [-0.15, -0.1) is 6.58 Å². The van der Waals surface area contributed by atoms with Gasteiger partial charge >= 0.3 is 0 Å². The highest BCUT2D eigenvalue weighted by Crippen LogP contribution is 2.16. The summed E-state index contributed by atoms with van der Waals surface area (Å²) in [5, 5.41) is 3.48. The molecule has 0 bridgehead atoms. The number of unbranched alkanes of at least 4 members (excludes halogenated alkanes) is 2. The van der Waals surface area contributed by atoms with Gasteiger partial charge in [-0.25, -0.2) is 0 Å². The van der Waals surface area contributed by atoms with Crippen LogP contribution in [-0.4, -0.2) is 62.1 Å². The second kappa shape index (κ2) is 11.5. The Morgan fingerprint density at radius 2 is 2.18 bits per heavy atom. The number of hydrogen-bond acceptors (Lipinski definition) is 2. The summed E-state index contributed by atoms with van der Waals surface area (Å²) in [6, 6.07) is 0.783. The molecule has 1 aliphatic heterocycles. The minimum absolute atomic E-state index is 0.783. The summed E-state index contributed by atoms with van der Waals surface area (Å²) in [6.07, 6.45) is 10.8. The van der Waals surface area contributed by atoms with Crippen molar-refractivity contribution in [1.82, 2.24) is 15.1 Å².